The Labute approximate surface area is 115 Å². The second-order valence-electron chi connectivity index (χ2n) is 6.73. The lowest BCUT2D eigenvalue weighted by Gasteiger charge is -2.38. The van der Waals surface area contributed by atoms with Gasteiger partial charge in [0.2, 0.25) is 0 Å². The maximum Gasteiger partial charge on any atom is -0.0357 e. The van der Waals surface area contributed by atoms with Crippen LogP contribution in [0.3, 0.4) is 0 Å². The van der Waals surface area contributed by atoms with Crippen LogP contribution in [0.5, 0.6) is 0 Å². The summed E-state index contributed by atoms with van der Waals surface area (Å²) in [6.07, 6.45) is 22.0. The molecule has 2 rings (SSSR count). The predicted molar refractivity (Wildman–Crippen MR) is 80.5 cm³/mol. The van der Waals surface area contributed by atoms with E-state index in [1.54, 1.807) is 25.7 Å². The molecule has 0 atom stereocenters. The third-order valence-corrected chi connectivity index (χ3v) is 5.50. The van der Waals surface area contributed by atoms with Crippen molar-refractivity contribution in [1.82, 2.24) is 0 Å². The van der Waals surface area contributed by atoms with Gasteiger partial charge in [-0.15, -0.1) is 0 Å². The number of hydrogen-bond donors (Lipinski definition) is 0. The van der Waals surface area contributed by atoms with Crippen LogP contribution in [0.4, 0.5) is 0 Å². The van der Waals surface area contributed by atoms with Crippen molar-refractivity contribution in [2.45, 2.75) is 90.4 Å². The van der Waals surface area contributed by atoms with E-state index in [4.69, 9.17) is 0 Å². The van der Waals surface area contributed by atoms with Crippen LogP contribution in [0.2, 0.25) is 0 Å². The maximum absolute atomic E-state index is 2.51. The standard InChI is InChI=1S/C18H33/c1-2-3-6-15-18(16-11-7-4-8-12-16)17-13-9-5-10-14-17/h3,16-18H,2,4-15H2,1H3. The molecule has 0 heterocycles. The number of hydrogen-bond acceptors (Lipinski definition) is 0. The molecule has 0 nitrogen and oxygen atoms in total. The van der Waals surface area contributed by atoms with Gasteiger partial charge in [-0.05, 0) is 37.0 Å². The first kappa shape index (κ1) is 14.4. The lowest BCUT2D eigenvalue weighted by atomic mass is 9.68. The minimum Gasteiger partial charge on any atom is -0.0651 e. The van der Waals surface area contributed by atoms with Gasteiger partial charge in [0.05, 0.1) is 0 Å². The summed E-state index contributed by atoms with van der Waals surface area (Å²) in [6, 6.07) is 0. The average Bonchev–Trinajstić information content (AvgIpc) is 2.46. The van der Waals surface area contributed by atoms with Crippen LogP contribution in [0.25, 0.3) is 0 Å². The van der Waals surface area contributed by atoms with Crippen LogP contribution >= 0.6 is 0 Å². The quantitative estimate of drug-likeness (QED) is 0.495. The molecular weight excluding hydrogens is 216 g/mol. The summed E-state index contributed by atoms with van der Waals surface area (Å²) in [5.74, 6) is 3.26. The van der Waals surface area contributed by atoms with E-state index in [0.717, 1.165) is 17.8 Å². The highest BCUT2D eigenvalue weighted by atomic mass is 14.4. The number of unbranched alkanes of at least 4 members (excludes halogenated alkanes) is 2. The molecule has 0 aliphatic heterocycles. The third-order valence-electron chi connectivity index (χ3n) is 5.50. The van der Waals surface area contributed by atoms with E-state index in [-0.39, 0.29) is 0 Å². The summed E-state index contributed by atoms with van der Waals surface area (Å²) in [7, 11) is 0. The van der Waals surface area contributed by atoms with Gasteiger partial charge in [0.15, 0.2) is 0 Å². The minimum atomic E-state index is 1.08. The molecule has 0 aromatic carbocycles. The highest BCUT2D eigenvalue weighted by molar-refractivity contribution is 4.83. The number of rotatable bonds is 6. The van der Waals surface area contributed by atoms with Crippen molar-refractivity contribution in [3.8, 4) is 0 Å². The molecule has 2 aliphatic rings. The summed E-state index contributed by atoms with van der Waals surface area (Å²) in [5.41, 5.74) is 0. The molecule has 105 valence electrons. The molecule has 0 spiro atoms. The van der Waals surface area contributed by atoms with Crippen molar-refractivity contribution in [2.24, 2.45) is 17.8 Å². The summed E-state index contributed by atoms with van der Waals surface area (Å²) < 4.78 is 0. The fourth-order valence-corrected chi connectivity index (χ4v) is 4.50. The fourth-order valence-electron chi connectivity index (χ4n) is 4.50. The predicted octanol–water partition coefficient (Wildman–Crippen LogP) is 6.16. The zero-order valence-corrected chi connectivity index (χ0v) is 12.5. The van der Waals surface area contributed by atoms with Crippen molar-refractivity contribution in [3.63, 3.8) is 0 Å². The lowest BCUT2D eigenvalue weighted by molar-refractivity contribution is 0.134. The van der Waals surface area contributed by atoms with E-state index in [1.165, 1.54) is 57.8 Å². The Morgan fingerprint density at radius 1 is 0.833 bits per heavy atom. The summed E-state index contributed by atoms with van der Waals surface area (Å²) in [5, 5.41) is 0. The van der Waals surface area contributed by atoms with Gasteiger partial charge in [-0.2, -0.15) is 0 Å². The van der Waals surface area contributed by atoms with E-state index < -0.39 is 0 Å². The molecule has 2 fully saturated rings. The Hall–Kier alpha value is 0. The molecule has 0 unspecified atom stereocenters. The van der Waals surface area contributed by atoms with Gasteiger partial charge in [-0.25, -0.2) is 0 Å². The fraction of sp³-hybridized carbons (Fsp3) is 0.944. The van der Waals surface area contributed by atoms with Crippen LogP contribution in [0.1, 0.15) is 90.4 Å². The van der Waals surface area contributed by atoms with Crippen molar-refractivity contribution in [1.29, 1.82) is 0 Å². The van der Waals surface area contributed by atoms with E-state index >= 15 is 0 Å². The van der Waals surface area contributed by atoms with Gasteiger partial charge in [0.25, 0.3) is 0 Å². The first-order chi connectivity index (χ1) is 8.92. The van der Waals surface area contributed by atoms with Crippen LogP contribution < -0.4 is 0 Å². The van der Waals surface area contributed by atoms with E-state index in [2.05, 4.69) is 13.3 Å². The molecule has 2 saturated carbocycles. The molecule has 1 radical (unpaired) electrons. The Kier molecular flexibility index (Phi) is 6.59. The highest BCUT2D eigenvalue weighted by Crippen LogP contribution is 2.42. The molecule has 18 heavy (non-hydrogen) atoms. The molecule has 0 aromatic heterocycles. The van der Waals surface area contributed by atoms with Crippen molar-refractivity contribution < 1.29 is 0 Å². The Bertz CT molecular complexity index is 178. The lowest BCUT2D eigenvalue weighted by Crippen LogP contribution is -2.27. The van der Waals surface area contributed by atoms with Crippen LogP contribution in [0.15, 0.2) is 0 Å². The largest absolute Gasteiger partial charge is 0.0651 e. The molecule has 0 aromatic rings. The van der Waals surface area contributed by atoms with Gasteiger partial charge in [0, 0.05) is 0 Å². The zero-order valence-electron chi connectivity index (χ0n) is 12.5. The zero-order chi connectivity index (χ0) is 12.6. The average molecular weight is 249 g/mol. The maximum atomic E-state index is 2.51. The van der Waals surface area contributed by atoms with E-state index in [0.29, 0.717) is 0 Å². The Morgan fingerprint density at radius 3 is 1.78 bits per heavy atom. The molecule has 0 heteroatoms. The molecule has 0 bridgehead atoms. The Balaban J connectivity index is 1.87. The van der Waals surface area contributed by atoms with Crippen LogP contribution in [-0.4, -0.2) is 0 Å². The monoisotopic (exact) mass is 249 g/mol. The second-order valence-corrected chi connectivity index (χ2v) is 6.73. The SMILES string of the molecule is CC[CH]CCC(C1CCCCC1)C1CCCCC1. The topological polar surface area (TPSA) is 0 Å². The molecule has 0 saturated heterocycles. The van der Waals surface area contributed by atoms with Gasteiger partial charge in [0.1, 0.15) is 0 Å². The first-order valence-corrected chi connectivity index (χ1v) is 8.73. The van der Waals surface area contributed by atoms with Crippen molar-refractivity contribution >= 4 is 0 Å². The minimum absolute atomic E-state index is 1.08. The van der Waals surface area contributed by atoms with Crippen LogP contribution in [0, 0.1) is 24.2 Å². The van der Waals surface area contributed by atoms with Gasteiger partial charge >= 0.3 is 0 Å². The first-order valence-electron chi connectivity index (χ1n) is 8.73. The third kappa shape index (κ3) is 4.28. The molecule has 2 aliphatic carbocycles. The highest BCUT2D eigenvalue weighted by Gasteiger charge is 2.30. The van der Waals surface area contributed by atoms with Gasteiger partial charge < -0.3 is 0 Å². The second kappa shape index (κ2) is 8.23. The van der Waals surface area contributed by atoms with Crippen LogP contribution in [-0.2, 0) is 0 Å². The van der Waals surface area contributed by atoms with E-state index in [9.17, 15) is 0 Å². The van der Waals surface area contributed by atoms with Crippen molar-refractivity contribution in [3.05, 3.63) is 6.42 Å². The molecule has 0 N–H and O–H groups in total. The van der Waals surface area contributed by atoms with Gasteiger partial charge in [-0.3, -0.25) is 0 Å². The van der Waals surface area contributed by atoms with E-state index in [1.807, 2.05) is 0 Å². The summed E-state index contributed by atoms with van der Waals surface area (Å²) in [4.78, 5) is 0. The summed E-state index contributed by atoms with van der Waals surface area (Å²) in [6.45, 7) is 2.29. The van der Waals surface area contributed by atoms with Crippen molar-refractivity contribution in [2.75, 3.05) is 0 Å². The normalized spacial score (nSPS) is 23.7. The smallest absolute Gasteiger partial charge is 0.0357 e. The van der Waals surface area contributed by atoms with Gasteiger partial charge in [-0.1, -0.05) is 77.6 Å². The molecule has 0 amide bonds. The molecular formula is C18H33. The summed E-state index contributed by atoms with van der Waals surface area (Å²) >= 11 is 0. The Morgan fingerprint density at radius 2 is 1.33 bits per heavy atom.